The second kappa shape index (κ2) is 3.94. The molecule has 4 nitrogen and oxygen atoms in total. The second-order valence-electron chi connectivity index (χ2n) is 4.39. The highest BCUT2D eigenvalue weighted by atomic mass is 16.3. The maximum atomic E-state index is 10.4. The lowest BCUT2D eigenvalue weighted by Crippen LogP contribution is -2.43. The Morgan fingerprint density at radius 2 is 2.40 bits per heavy atom. The molecule has 0 amide bonds. The van der Waals surface area contributed by atoms with E-state index in [1.165, 1.54) is 6.42 Å². The Morgan fingerprint density at radius 3 is 2.87 bits per heavy atom. The summed E-state index contributed by atoms with van der Waals surface area (Å²) in [5.41, 5.74) is 6.59. The molecule has 3 N–H and O–H groups in total. The number of nitrogens with two attached hydrogens (primary N) is 1. The van der Waals surface area contributed by atoms with Crippen molar-refractivity contribution >= 4 is 0 Å². The van der Waals surface area contributed by atoms with E-state index < -0.39 is 6.10 Å². The van der Waals surface area contributed by atoms with E-state index in [1.807, 2.05) is 17.7 Å². The molecule has 0 bridgehead atoms. The monoisotopic (exact) mass is 209 g/mol. The number of nitrogens with zero attached hydrogens (tertiary/aromatic N) is 2. The number of hydrogen-bond donors (Lipinski definition) is 2. The lowest BCUT2D eigenvalue weighted by atomic mass is 9.64. The van der Waals surface area contributed by atoms with Gasteiger partial charge in [0, 0.05) is 24.7 Å². The largest absolute Gasteiger partial charge is 0.386 e. The van der Waals surface area contributed by atoms with Gasteiger partial charge >= 0.3 is 0 Å². The first kappa shape index (κ1) is 10.6. The Hall–Kier alpha value is -0.870. The van der Waals surface area contributed by atoms with Gasteiger partial charge in [-0.2, -0.15) is 5.10 Å². The van der Waals surface area contributed by atoms with Gasteiger partial charge < -0.3 is 10.8 Å². The molecule has 15 heavy (non-hydrogen) atoms. The Bertz CT molecular complexity index is 325. The van der Waals surface area contributed by atoms with Gasteiger partial charge in [0.05, 0.1) is 5.69 Å². The Morgan fingerprint density at radius 1 is 1.67 bits per heavy atom. The van der Waals surface area contributed by atoms with E-state index in [4.69, 9.17) is 5.73 Å². The minimum atomic E-state index is -0.460. The van der Waals surface area contributed by atoms with Crippen molar-refractivity contribution in [3.63, 3.8) is 0 Å². The fraction of sp³-hybridized carbons (Fsp3) is 0.727. The SMILES string of the molecule is CCn1nccc1C(O)C1(CN)CCC1. The molecule has 1 unspecified atom stereocenters. The van der Waals surface area contributed by atoms with Crippen LogP contribution in [0.4, 0.5) is 0 Å². The molecule has 0 aromatic carbocycles. The fourth-order valence-electron chi connectivity index (χ4n) is 2.37. The van der Waals surface area contributed by atoms with Crippen LogP contribution in [0.1, 0.15) is 38.0 Å². The molecule has 2 rings (SSSR count). The maximum Gasteiger partial charge on any atom is 0.102 e. The molecule has 1 aromatic heterocycles. The van der Waals surface area contributed by atoms with Crippen molar-refractivity contribution in [2.24, 2.45) is 11.1 Å². The summed E-state index contributed by atoms with van der Waals surface area (Å²) in [5, 5.41) is 14.5. The highest BCUT2D eigenvalue weighted by molar-refractivity contribution is 5.11. The lowest BCUT2D eigenvalue weighted by molar-refractivity contribution is -0.0346. The molecule has 1 aromatic rings. The van der Waals surface area contributed by atoms with Crippen molar-refractivity contribution in [2.75, 3.05) is 6.54 Å². The summed E-state index contributed by atoms with van der Waals surface area (Å²) >= 11 is 0. The predicted octanol–water partition coefficient (Wildman–Crippen LogP) is 1.07. The summed E-state index contributed by atoms with van der Waals surface area (Å²) < 4.78 is 1.85. The molecule has 1 aliphatic carbocycles. The first-order valence-corrected chi connectivity index (χ1v) is 5.63. The van der Waals surface area contributed by atoms with Crippen molar-refractivity contribution in [2.45, 2.75) is 38.8 Å². The molecule has 1 saturated carbocycles. The van der Waals surface area contributed by atoms with Crippen LogP contribution in [-0.2, 0) is 6.54 Å². The molecule has 0 saturated heterocycles. The molecular weight excluding hydrogens is 190 g/mol. The molecule has 4 heteroatoms. The van der Waals surface area contributed by atoms with E-state index in [2.05, 4.69) is 5.10 Å². The highest BCUT2D eigenvalue weighted by Gasteiger charge is 2.43. The molecule has 0 spiro atoms. The highest BCUT2D eigenvalue weighted by Crippen LogP contribution is 2.49. The van der Waals surface area contributed by atoms with Crippen LogP contribution in [0.25, 0.3) is 0 Å². The number of rotatable bonds is 4. The number of aryl methyl sites for hydroxylation is 1. The zero-order valence-electron chi connectivity index (χ0n) is 9.19. The fourth-order valence-corrected chi connectivity index (χ4v) is 2.37. The second-order valence-corrected chi connectivity index (χ2v) is 4.39. The summed E-state index contributed by atoms with van der Waals surface area (Å²) in [4.78, 5) is 0. The van der Waals surface area contributed by atoms with Gasteiger partial charge in [-0.1, -0.05) is 6.42 Å². The average Bonchev–Trinajstić information content (AvgIpc) is 2.64. The number of aliphatic hydroxyl groups excluding tert-OH is 1. The maximum absolute atomic E-state index is 10.4. The van der Waals surface area contributed by atoms with Crippen molar-refractivity contribution < 1.29 is 5.11 Å². The Kier molecular flexibility index (Phi) is 2.80. The standard InChI is InChI=1S/C11H19N3O/c1-2-14-9(4-7-13-14)10(15)11(8-12)5-3-6-11/h4,7,10,15H,2-3,5-6,8,12H2,1H3. The third kappa shape index (κ3) is 1.58. The van der Waals surface area contributed by atoms with Crippen molar-refractivity contribution in [1.29, 1.82) is 0 Å². The van der Waals surface area contributed by atoms with E-state index in [9.17, 15) is 5.11 Å². The normalized spacial score (nSPS) is 21.0. The van der Waals surface area contributed by atoms with E-state index >= 15 is 0 Å². The van der Waals surface area contributed by atoms with Gasteiger partial charge in [-0.15, -0.1) is 0 Å². The molecule has 1 aliphatic rings. The van der Waals surface area contributed by atoms with Gasteiger partial charge in [0.2, 0.25) is 0 Å². The van der Waals surface area contributed by atoms with Gasteiger partial charge in [0.25, 0.3) is 0 Å². The topological polar surface area (TPSA) is 64.1 Å². The van der Waals surface area contributed by atoms with Gasteiger partial charge in [-0.3, -0.25) is 4.68 Å². The van der Waals surface area contributed by atoms with Crippen LogP contribution < -0.4 is 5.73 Å². The van der Waals surface area contributed by atoms with Crippen LogP contribution in [0.3, 0.4) is 0 Å². The third-order valence-electron chi connectivity index (χ3n) is 3.66. The molecule has 0 radical (unpaired) electrons. The van der Waals surface area contributed by atoms with E-state index in [1.54, 1.807) is 6.20 Å². The Balaban J connectivity index is 2.23. The van der Waals surface area contributed by atoms with Crippen LogP contribution in [0.15, 0.2) is 12.3 Å². The van der Waals surface area contributed by atoms with Crippen LogP contribution in [0.2, 0.25) is 0 Å². The quantitative estimate of drug-likeness (QED) is 0.779. The first-order valence-electron chi connectivity index (χ1n) is 5.63. The summed E-state index contributed by atoms with van der Waals surface area (Å²) in [6, 6.07) is 1.89. The minimum Gasteiger partial charge on any atom is -0.386 e. The van der Waals surface area contributed by atoms with Crippen molar-refractivity contribution in [3.05, 3.63) is 18.0 Å². The minimum absolute atomic E-state index is 0.0903. The first-order chi connectivity index (χ1) is 7.23. The average molecular weight is 209 g/mol. The van der Waals surface area contributed by atoms with E-state index in [-0.39, 0.29) is 5.41 Å². The zero-order valence-corrected chi connectivity index (χ0v) is 9.19. The summed E-state index contributed by atoms with van der Waals surface area (Å²) in [5.74, 6) is 0. The van der Waals surface area contributed by atoms with Crippen LogP contribution in [0.5, 0.6) is 0 Å². The molecule has 84 valence electrons. The molecule has 1 heterocycles. The zero-order chi connectivity index (χ0) is 10.9. The third-order valence-corrected chi connectivity index (χ3v) is 3.66. The summed E-state index contributed by atoms with van der Waals surface area (Å²) in [6.45, 7) is 3.38. The summed E-state index contributed by atoms with van der Waals surface area (Å²) in [6.07, 6.45) is 4.51. The molecule has 0 aliphatic heterocycles. The molecule has 1 atom stereocenters. The van der Waals surface area contributed by atoms with E-state index in [0.717, 1.165) is 25.1 Å². The molecule has 1 fully saturated rings. The summed E-state index contributed by atoms with van der Waals surface area (Å²) in [7, 11) is 0. The van der Waals surface area contributed by atoms with Crippen LogP contribution in [-0.4, -0.2) is 21.4 Å². The molecular formula is C11H19N3O. The lowest BCUT2D eigenvalue weighted by Gasteiger charge is -2.44. The number of hydrogen-bond acceptors (Lipinski definition) is 3. The van der Waals surface area contributed by atoms with Gasteiger partial charge in [-0.25, -0.2) is 0 Å². The van der Waals surface area contributed by atoms with Gasteiger partial charge in [-0.05, 0) is 25.8 Å². The van der Waals surface area contributed by atoms with Crippen molar-refractivity contribution in [1.82, 2.24) is 9.78 Å². The van der Waals surface area contributed by atoms with Crippen LogP contribution in [0, 0.1) is 5.41 Å². The van der Waals surface area contributed by atoms with Crippen LogP contribution >= 0.6 is 0 Å². The van der Waals surface area contributed by atoms with Gasteiger partial charge in [0.15, 0.2) is 0 Å². The number of aromatic nitrogens is 2. The smallest absolute Gasteiger partial charge is 0.102 e. The van der Waals surface area contributed by atoms with Gasteiger partial charge in [0.1, 0.15) is 6.10 Å². The van der Waals surface area contributed by atoms with Crippen molar-refractivity contribution in [3.8, 4) is 0 Å². The Labute approximate surface area is 90.1 Å². The predicted molar refractivity (Wildman–Crippen MR) is 58.2 cm³/mol. The number of aliphatic hydroxyl groups is 1. The van der Waals surface area contributed by atoms with E-state index in [0.29, 0.717) is 6.54 Å².